The number of anilines is 1. The molecule has 9 heteroatoms. The van der Waals surface area contributed by atoms with E-state index in [0.29, 0.717) is 43.1 Å². The zero-order valence-electron chi connectivity index (χ0n) is 28.1. The molecular weight excluding hydrogens is 582 g/mol. The van der Waals surface area contributed by atoms with Gasteiger partial charge in [-0.15, -0.1) is 0 Å². The summed E-state index contributed by atoms with van der Waals surface area (Å²) in [4.78, 5) is 43.9. The van der Waals surface area contributed by atoms with Gasteiger partial charge in [0, 0.05) is 44.3 Å². The fourth-order valence-corrected chi connectivity index (χ4v) is 6.35. The maximum absolute atomic E-state index is 14.4. The van der Waals surface area contributed by atoms with Crippen molar-refractivity contribution in [3.8, 4) is 5.75 Å². The van der Waals surface area contributed by atoms with Crippen molar-refractivity contribution in [2.45, 2.75) is 96.8 Å². The van der Waals surface area contributed by atoms with Crippen molar-refractivity contribution in [2.24, 2.45) is 11.8 Å². The van der Waals surface area contributed by atoms with Crippen molar-refractivity contribution in [2.75, 3.05) is 38.7 Å². The Morgan fingerprint density at radius 3 is 2.46 bits per heavy atom. The van der Waals surface area contributed by atoms with Gasteiger partial charge in [-0.3, -0.25) is 14.4 Å². The van der Waals surface area contributed by atoms with Gasteiger partial charge in [0.05, 0.1) is 36.8 Å². The Balaban J connectivity index is 1.58. The number of likely N-dealkylation sites (N-methyl/N-ethyl adjacent to an activating group) is 1. The van der Waals surface area contributed by atoms with Crippen LogP contribution in [0.5, 0.6) is 5.75 Å². The third kappa shape index (κ3) is 10.0. The van der Waals surface area contributed by atoms with Crippen LogP contribution in [0.3, 0.4) is 0 Å². The van der Waals surface area contributed by atoms with Gasteiger partial charge in [-0.25, -0.2) is 0 Å². The van der Waals surface area contributed by atoms with Crippen LogP contribution in [0.2, 0.25) is 0 Å². The lowest BCUT2D eigenvalue weighted by Crippen LogP contribution is -2.48. The summed E-state index contributed by atoms with van der Waals surface area (Å²) < 4.78 is 12.7. The maximum atomic E-state index is 14.4. The molecule has 0 saturated heterocycles. The summed E-state index contributed by atoms with van der Waals surface area (Å²) in [7, 11) is 1.80. The highest BCUT2D eigenvalue weighted by atomic mass is 16.5. The van der Waals surface area contributed by atoms with Gasteiger partial charge in [-0.05, 0) is 69.7 Å². The van der Waals surface area contributed by atoms with E-state index >= 15 is 0 Å². The van der Waals surface area contributed by atoms with Crippen molar-refractivity contribution in [1.29, 1.82) is 0 Å². The van der Waals surface area contributed by atoms with E-state index in [-0.39, 0.29) is 48.4 Å². The summed E-state index contributed by atoms with van der Waals surface area (Å²) in [5.74, 6) is 0.00468. The van der Waals surface area contributed by atoms with Gasteiger partial charge in [0.1, 0.15) is 5.75 Å². The molecule has 3 amide bonds. The third-order valence-corrected chi connectivity index (χ3v) is 9.37. The fourth-order valence-electron chi connectivity index (χ4n) is 6.35. The molecule has 1 saturated carbocycles. The minimum atomic E-state index is -0.480. The van der Waals surface area contributed by atoms with Crippen molar-refractivity contribution < 1.29 is 29.0 Å². The average molecular weight is 636 g/mol. The molecule has 0 radical (unpaired) electrons. The molecule has 0 bridgehead atoms. The first-order valence-corrected chi connectivity index (χ1v) is 17.1. The van der Waals surface area contributed by atoms with Crippen LogP contribution in [0.4, 0.5) is 5.69 Å². The highest BCUT2D eigenvalue weighted by molar-refractivity contribution is 6.00. The number of carbonyl (C=O) groups excluding carboxylic acids is 3. The van der Waals surface area contributed by atoms with E-state index in [9.17, 15) is 19.5 Å². The van der Waals surface area contributed by atoms with Crippen LogP contribution in [-0.2, 0) is 20.7 Å². The smallest absolute Gasteiger partial charge is 0.258 e. The van der Waals surface area contributed by atoms with E-state index < -0.39 is 6.04 Å². The first kappa shape index (κ1) is 35.4. The summed E-state index contributed by atoms with van der Waals surface area (Å²) >= 11 is 0. The molecule has 0 unspecified atom stereocenters. The van der Waals surface area contributed by atoms with Gasteiger partial charge in [-0.2, -0.15) is 0 Å². The Morgan fingerprint density at radius 2 is 1.74 bits per heavy atom. The second kappa shape index (κ2) is 17.5. The summed E-state index contributed by atoms with van der Waals surface area (Å²) in [5.41, 5.74) is 1.87. The van der Waals surface area contributed by atoms with Gasteiger partial charge in [0.2, 0.25) is 11.8 Å². The Bertz CT molecular complexity index is 1280. The van der Waals surface area contributed by atoms with Gasteiger partial charge in [0.25, 0.3) is 5.91 Å². The number of ether oxygens (including phenoxy) is 2. The van der Waals surface area contributed by atoms with Crippen molar-refractivity contribution in [3.63, 3.8) is 0 Å². The zero-order chi connectivity index (χ0) is 33.1. The SMILES string of the molecule is C[C@@H]1CN([C@H](C)CO)C(=O)c2cc(NC(=O)C3CCCCC3)ccc2O[C@@H](C)CCCCO[C@H]1CN(C)C(=O)Cc1ccccc1. The number of nitrogens with zero attached hydrogens (tertiary/aromatic N) is 2. The number of hydrogen-bond acceptors (Lipinski definition) is 6. The Kier molecular flexibility index (Phi) is 13.5. The lowest BCUT2D eigenvalue weighted by Gasteiger charge is -2.36. The first-order valence-electron chi connectivity index (χ1n) is 17.1. The van der Waals surface area contributed by atoms with Crippen LogP contribution in [0.1, 0.15) is 88.1 Å². The number of rotatable bonds is 8. The molecule has 1 heterocycles. The third-order valence-electron chi connectivity index (χ3n) is 9.37. The maximum Gasteiger partial charge on any atom is 0.258 e. The minimum Gasteiger partial charge on any atom is -0.490 e. The largest absolute Gasteiger partial charge is 0.490 e. The second-order valence-corrected chi connectivity index (χ2v) is 13.3. The predicted octanol–water partition coefficient (Wildman–Crippen LogP) is 5.70. The number of nitrogens with one attached hydrogen (secondary N) is 1. The van der Waals surface area contributed by atoms with E-state index in [1.807, 2.05) is 51.1 Å². The molecule has 0 aromatic heterocycles. The molecule has 2 aromatic rings. The number of amides is 3. The summed E-state index contributed by atoms with van der Waals surface area (Å²) in [6, 6.07) is 14.5. The van der Waals surface area contributed by atoms with Crippen LogP contribution in [0.15, 0.2) is 48.5 Å². The molecule has 1 fully saturated rings. The van der Waals surface area contributed by atoms with Gasteiger partial charge in [0.15, 0.2) is 0 Å². The lowest BCUT2D eigenvalue weighted by molar-refractivity contribution is -0.132. The monoisotopic (exact) mass is 635 g/mol. The molecule has 9 nitrogen and oxygen atoms in total. The molecule has 252 valence electrons. The standard InChI is InChI=1S/C37H53N3O6/c1-26-23-40(27(2)25-41)37(44)32-22-31(38-36(43)30-16-9-6-10-17-30)18-19-33(32)46-28(3)13-11-12-20-45-34(26)24-39(4)35(42)21-29-14-7-5-8-15-29/h5,7-8,14-15,18-19,22,26-28,30,34,41H,6,9-13,16-17,20-21,23-25H2,1-4H3,(H,38,43)/t26-,27-,28+,34+/m1/s1. The summed E-state index contributed by atoms with van der Waals surface area (Å²) in [6.45, 7) is 6.84. The van der Waals surface area contributed by atoms with Gasteiger partial charge < -0.3 is 29.7 Å². The van der Waals surface area contributed by atoms with Crippen molar-refractivity contribution >= 4 is 23.4 Å². The fraction of sp³-hybridized carbons (Fsp3) is 0.595. The molecule has 2 N–H and O–H groups in total. The molecule has 4 rings (SSSR count). The van der Waals surface area contributed by atoms with Gasteiger partial charge >= 0.3 is 0 Å². The number of aliphatic hydroxyl groups excluding tert-OH is 1. The van der Waals surface area contributed by atoms with Crippen LogP contribution < -0.4 is 10.1 Å². The van der Waals surface area contributed by atoms with E-state index in [1.165, 1.54) is 0 Å². The van der Waals surface area contributed by atoms with E-state index in [2.05, 4.69) is 5.32 Å². The Labute approximate surface area is 274 Å². The first-order chi connectivity index (χ1) is 22.2. The lowest BCUT2D eigenvalue weighted by atomic mass is 9.88. The molecule has 1 aliphatic heterocycles. The molecule has 1 aliphatic carbocycles. The highest BCUT2D eigenvalue weighted by Gasteiger charge is 2.31. The molecule has 2 aliphatic rings. The number of aliphatic hydroxyl groups is 1. The number of hydrogen-bond donors (Lipinski definition) is 2. The number of benzene rings is 2. The van der Waals surface area contributed by atoms with E-state index in [4.69, 9.17) is 9.47 Å². The van der Waals surface area contributed by atoms with Gasteiger partial charge in [-0.1, -0.05) is 56.5 Å². The number of carbonyl (C=O) groups is 3. The topological polar surface area (TPSA) is 108 Å². The molecule has 2 aromatic carbocycles. The average Bonchev–Trinajstić information content (AvgIpc) is 3.06. The second-order valence-electron chi connectivity index (χ2n) is 13.3. The molecular formula is C37H53N3O6. The minimum absolute atomic E-state index is 0.000710. The van der Waals surface area contributed by atoms with E-state index in [0.717, 1.165) is 56.9 Å². The predicted molar refractivity (Wildman–Crippen MR) is 180 cm³/mol. The molecule has 0 spiro atoms. The summed E-state index contributed by atoms with van der Waals surface area (Å²) in [5, 5.41) is 13.3. The van der Waals surface area contributed by atoms with Crippen molar-refractivity contribution in [1.82, 2.24) is 9.80 Å². The van der Waals surface area contributed by atoms with Crippen LogP contribution in [0, 0.1) is 11.8 Å². The molecule has 4 atom stereocenters. The van der Waals surface area contributed by atoms with E-state index in [1.54, 1.807) is 35.0 Å². The van der Waals surface area contributed by atoms with Crippen LogP contribution >= 0.6 is 0 Å². The van der Waals surface area contributed by atoms with Crippen molar-refractivity contribution in [3.05, 3.63) is 59.7 Å². The van der Waals surface area contributed by atoms with Crippen LogP contribution in [-0.4, -0.2) is 84.2 Å². The highest BCUT2D eigenvalue weighted by Crippen LogP contribution is 2.30. The Morgan fingerprint density at radius 1 is 1.02 bits per heavy atom. The zero-order valence-corrected chi connectivity index (χ0v) is 28.1. The number of fused-ring (bicyclic) bond motifs is 1. The molecule has 46 heavy (non-hydrogen) atoms. The quantitative estimate of drug-likeness (QED) is 0.385. The summed E-state index contributed by atoms with van der Waals surface area (Å²) in [6.07, 6.45) is 7.39. The van der Waals surface area contributed by atoms with Crippen LogP contribution in [0.25, 0.3) is 0 Å². The Hall–Kier alpha value is -3.43. The normalized spacial score (nSPS) is 22.6.